The van der Waals surface area contributed by atoms with Crippen molar-refractivity contribution in [2.24, 2.45) is 0 Å². The molecule has 1 fully saturated rings. The van der Waals surface area contributed by atoms with E-state index in [9.17, 15) is 0 Å². The molecule has 1 saturated heterocycles. The summed E-state index contributed by atoms with van der Waals surface area (Å²) in [5, 5.41) is 0. The van der Waals surface area contributed by atoms with E-state index in [0.29, 0.717) is 0 Å². The standard InChI is InChI=1S/C10H10O2/c1-2-4-8-7(3-1)9-10(8)12-6-5-11-9/h1-4,9-10H,5-6H2/t9-,10+. The van der Waals surface area contributed by atoms with Gasteiger partial charge in [-0.15, -0.1) is 0 Å². The molecule has 2 heteroatoms. The lowest BCUT2D eigenvalue weighted by atomic mass is 9.82. The summed E-state index contributed by atoms with van der Waals surface area (Å²) in [4.78, 5) is 0. The monoisotopic (exact) mass is 162 g/mol. The molecule has 12 heavy (non-hydrogen) atoms. The lowest BCUT2D eigenvalue weighted by Crippen LogP contribution is -2.34. The highest BCUT2D eigenvalue weighted by molar-refractivity contribution is 5.41. The number of benzene rings is 1. The molecule has 3 rings (SSSR count). The molecule has 1 aromatic carbocycles. The van der Waals surface area contributed by atoms with Crippen LogP contribution in [0, 0.1) is 0 Å². The zero-order valence-corrected chi connectivity index (χ0v) is 6.69. The van der Waals surface area contributed by atoms with Gasteiger partial charge in [-0.25, -0.2) is 0 Å². The van der Waals surface area contributed by atoms with Gasteiger partial charge < -0.3 is 9.47 Å². The van der Waals surface area contributed by atoms with E-state index in [4.69, 9.17) is 9.47 Å². The molecule has 1 aliphatic carbocycles. The van der Waals surface area contributed by atoms with Gasteiger partial charge in [0, 0.05) is 0 Å². The molecule has 0 saturated carbocycles. The van der Waals surface area contributed by atoms with Crippen LogP contribution in [0.2, 0.25) is 0 Å². The van der Waals surface area contributed by atoms with Crippen molar-refractivity contribution >= 4 is 0 Å². The highest BCUT2D eigenvalue weighted by Gasteiger charge is 2.40. The molecule has 62 valence electrons. The third-order valence-electron chi connectivity index (χ3n) is 2.56. The second kappa shape index (κ2) is 2.31. The van der Waals surface area contributed by atoms with Gasteiger partial charge in [-0.2, -0.15) is 0 Å². The smallest absolute Gasteiger partial charge is 0.113 e. The van der Waals surface area contributed by atoms with Crippen molar-refractivity contribution in [3.8, 4) is 0 Å². The summed E-state index contributed by atoms with van der Waals surface area (Å²) in [6, 6.07) is 8.33. The Labute approximate surface area is 71.1 Å². The Hall–Kier alpha value is -0.860. The first kappa shape index (κ1) is 6.63. The molecule has 0 spiro atoms. The fourth-order valence-corrected chi connectivity index (χ4v) is 1.96. The average molecular weight is 162 g/mol. The van der Waals surface area contributed by atoms with E-state index in [1.807, 2.05) is 12.1 Å². The molecule has 2 atom stereocenters. The minimum Gasteiger partial charge on any atom is -0.368 e. The van der Waals surface area contributed by atoms with Crippen molar-refractivity contribution in [2.75, 3.05) is 13.2 Å². The first-order valence-corrected chi connectivity index (χ1v) is 4.29. The average Bonchev–Trinajstić information content (AvgIpc) is 2.14. The summed E-state index contributed by atoms with van der Waals surface area (Å²) >= 11 is 0. The summed E-state index contributed by atoms with van der Waals surface area (Å²) in [7, 11) is 0. The molecule has 2 aliphatic rings. The van der Waals surface area contributed by atoms with Gasteiger partial charge in [-0.1, -0.05) is 24.3 Å². The number of fused-ring (bicyclic) bond motifs is 4. The van der Waals surface area contributed by atoms with E-state index in [1.54, 1.807) is 0 Å². The Morgan fingerprint density at radius 2 is 1.42 bits per heavy atom. The van der Waals surface area contributed by atoms with Crippen LogP contribution in [0.3, 0.4) is 0 Å². The Morgan fingerprint density at radius 1 is 0.917 bits per heavy atom. The van der Waals surface area contributed by atoms with Crippen LogP contribution in [0.4, 0.5) is 0 Å². The zero-order valence-electron chi connectivity index (χ0n) is 6.69. The molecular weight excluding hydrogens is 152 g/mol. The molecule has 2 nitrogen and oxygen atoms in total. The Bertz CT molecular complexity index is 277. The SMILES string of the molecule is c1ccc2c(c1)[C@H]1OCCO[C@@H]21. The van der Waals surface area contributed by atoms with Gasteiger partial charge in [0.05, 0.1) is 13.2 Å². The topological polar surface area (TPSA) is 18.5 Å². The van der Waals surface area contributed by atoms with Gasteiger partial charge >= 0.3 is 0 Å². The molecular formula is C10H10O2. The molecule has 0 bridgehead atoms. The molecule has 0 unspecified atom stereocenters. The zero-order chi connectivity index (χ0) is 7.97. The lowest BCUT2D eigenvalue weighted by Gasteiger charge is -2.42. The second-order valence-corrected chi connectivity index (χ2v) is 3.21. The Balaban J connectivity index is 2.03. The van der Waals surface area contributed by atoms with Gasteiger partial charge in [-0.05, 0) is 11.1 Å². The summed E-state index contributed by atoms with van der Waals surface area (Å²) in [6.07, 6.45) is 0.435. The molecule has 1 aromatic rings. The fraction of sp³-hybridized carbons (Fsp3) is 0.400. The molecule has 0 radical (unpaired) electrons. The maximum Gasteiger partial charge on any atom is 0.113 e. The predicted molar refractivity (Wildman–Crippen MR) is 43.8 cm³/mol. The number of hydrogen-bond donors (Lipinski definition) is 0. The van der Waals surface area contributed by atoms with Crippen LogP contribution in [0.15, 0.2) is 24.3 Å². The maximum atomic E-state index is 5.58. The van der Waals surface area contributed by atoms with Crippen LogP contribution in [0.1, 0.15) is 23.3 Å². The number of rotatable bonds is 0. The van der Waals surface area contributed by atoms with E-state index >= 15 is 0 Å². The van der Waals surface area contributed by atoms with Gasteiger partial charge in [0.2, 0.25) is 0 Å². The largest absolute Gasteiger partial charge is 0.368 e. The molecule has 0 aromatic heterocycles. The van der Waals surface area contributed by atoms with E-state index in [0.717, 1.165) is 13.2 Å². The van der Waals surface area contributed by atoms with Crippen molar-refractivity contribution in [3.63, 3.8) is 0 Å². The molecule has 0 amide bonds. The van der Waals surface area contributed by atoms with Crippen molar-refractivity contribution in [1.29, 1.82) is 0 Å². The maximum absolute atomic E-state index is 5.58. The van der Waals surface area contributed by atoms with Crippen LogP contribution in [0.5, 0.6) is 0 Å². The van der Waals surface area contributed by atoms with Crippen LogP contribution in [-0.2, 0) is 9.47 Å². The summed E-state index contributed by atoms with van der Waals surface area (Å²) in [6.45, 7) is 1.46. The Morgan fingerprint density at radius 3 is 1.92 bits per heavy atom. The number of ether oxygens (including phenoxy) is 2. The third kappa shape index (κ3) is 0.713. The predicted octanol–water partition coefficient (Wildman–Crippen LogP) is 1.83. The van der Waals surface area contributed by atoms with Crippen LogP contribution < -0.4 is 0 Å². The quantitative estimate of drug-likeness (QED) is 0.579. The first-order valence-electron chi connectivity index (χ1n) is 4.29. The van der Waals surface area contributed by atoms with Crippen LogP contribution >= 0.6 is 0 Å². The minimum atomic E-state index is 0.218. The minimum absolute atomic E-state index is 0.218. The summed E-state index contributed by atoms with van der Waals surface area (Å²) < 4.78 is 11.2. The molecule has 1 heterocycles. The van der Waals surface area contributed by atoms with E-state index < -0.39 is 0 Å². The summed E-state index contributed by atoms with van der Waals surface area (Å²) in [5.41, 5.74) is 2.62. The fourth-order valence-electron chi connectivity index (χ4n) is 1.96. The number of hydrogen-bond acceptors (Lipinski definition) is 2. The Kier molecular flexibility index (Phi) is 1.28. The van der Waals surface area contributed by atoms with Crippen molar-refractivity contribution in [1.82, 2.24) is 0 Å². The first-order chi connectivity index (χ1) is 5.97. The van der Waals surface area contributed by atoms with Crippen molar-refractivity contribution < 1.29 is 9.47 Å². The highest BCUT2D eigenvalue weighted by Crippen LogP contribution is 2.49. The van der Waals surface area contributed by atoms with Gasteiger partial charge in [0.1, 0.15) is 12.2 Å². The van der Waals surface area contributed by atoms with Gasteiger partial charge in [0.15, 0.2) is 0 Å². The van der Waals surface area contributed by atoms with Crippen molar-refractivity contribution in [3.05, 3.63) is 35.4 Å². The van der Waals surface area contributed by atoms with Gasteiger partial charge in [-0.3, -0.25) is 0 Å². The van der Waals surface area contributed by atoms with E-state index in [1.165, 1.54) is 11.1 Å². The lowest BCUT2D eigenvalue weighted by molar-refractivity contribution is -0.165. The second-order valence-electron chi connectivity index (χ2n) is 3.21. The van der Waals surface area contributed by atoms with Crippen LogP contribution in [-0.4, -0.2) is 13.2 Å². The van der Waals surface area contributed by atoms with Gasteiger partial charge in [0.25, 0.3) is 0 Å². The molecule has 0 N–H and O–H groups in total. The molecule has 1 aliphatic heterocycles. The van der Waals surface area contributed by atoms with E-state index in [2.05, 4.69) is 12.1 Å². The highest BCUT2D eigenvalue weighted by atomic mass is 16.6. The van der Waals surface area contributed by atoms with Crippen molar-refractivity contribution in [2.45, 2.75) is 12.2 Å². The van der Waals surface area contributed by atoms with E-state index in [-0.39, 0.29) is 12.2 Å². The normalized spacial score (nSPS) is 31.7. The van der Waals surface area contributed by atoms with Crippen LogP contribution in [0.25, 0.3) is 0 Å². The summed E-state index contributed by atoms with van der Waals surface area (Å²) in [5.74, 6) is 0. The third-order valence-corrected chi connectivity index (χ3v) is 2.56.